The first kappa shape index (κ1) is 16.2. The number of aromatic hydroxyl groups is 1. The van der Waals surface area contributed by atoms with Crippen LogP contribution in [-0.2, 0) is 6.42 Å². The molecule has 0 atom stereocenters. The van der Waals surface area contributed by atoms with Gasteiger partial charge in [-0.2, -0.15) is 14.6 Å². The first-order chi connectivity index (χ1) is 12.6. The summed E-state index contributed by atoms with van der Waals surface area (Å²) < 4.78 is 1.60. The lowest BCUT2D eigenvalue weighted by atomic mass is 10.1. The van der Waals surface area contributed by atoms with Crippen molar-refractivity contribution in [2.24, 2.45) is 0 Å². The fraction of sp³-hybridized carbons (Fsp3) is 0.0526. The van der Waals surface area contributed by atoms with Crippen LogP contribution >= 0.6 is 11.3 Å². The zero-order valence-electron chi connectivity index (χ0n) is 13.5. The maximum atomic E-state index is 12.6. The number of hydrogen-bond acceptors (Lipinski definition) is 6. The van der Waals surface area contributed by atoms with Crippen LogP contribution in [0.5, 0.6) is 5.75 Å². The fourth-order valence-electron chi connectivity index (χ4n) is 2.56. The summed E-state index contributed by atoms with van der Waals surface area (Å²) in [6, 6.07) is 15.9. The molecule has 6 nitrogen and oxygen atoms in total. The van der Waals surface area contributed by atoms with Gasteiger partial charge in [0, 0.05) is 6.42 Å². The minimum atomic E-state index is -0.425. The van der Waals surface area contributed by atoms with Crippen molar-refractivity contribution in [1.29, 1.82) is 0 Å². The number of aromatic nitrogens is 3. The molecular weight excluding hydrogens is 350 g/mol. The normalized spacial score (nSPS) is 11.9. The maximum Gasteiger partial charge on any atom is 0.296 e. The van der Waals surface area contributed by atoms with E-state index in [1.54, 1.807) is 30.3 Å². The molecule has 0 aliphatic rings. The average Bonchev–Trinajstić information content (AvgIpc) is 2.93. The number of phenolic OH excluding ortho intramolecular Hbond substituents is 1. The van der Waals surface area contributed by atoms with Crippen molar-refractivity contribution in [1.82, 2.24) is 14.6 Å². The van der Waals surface area contributed by atoms with Gasteiger partial charge in [0.25, 0.3) is 11.1 Å². The molecule has 4 rings (SSSR count). The monoisotopic (exact) mass is 363 g/mol. The lowest BCUT2D eigenvalue weighted by Crippen LogP contribution is -2.28. The molecule has 0 amide bonds. The van der Waals surface area contributed by atoms with Crippen molar-refractivity contribution in [2.75, 3.05) is 0 Å². The fourth-order valence-corrected chi connectivity index (χ4v) is 3.47. The Balaban J connectivity index is 1.81. The number of fused-ring (bicyclic) bond motifs is 1. The summed E-state index contributed by atoms with van der Waals surface area (Å²) in [7, 11) is 0. The second-order valence-electron chi connectivity index (χ2n) is 5.73. The summed E-state index contributed by atoms with van der Waals surface area (Å²) in [5, 5.41) is 13.6. The third-order valence-electron chi connectivity index (χ3n) is 3.86. The van der Waals surface area contributed by atoms with Gasteiger partial charge in [-0.25, -0.2) is 0 Å². The summed E-state index contributed by atoms with van der Waals surface area (Å²) in [6.07, 6.45) is 2.01. The van der Waals surface area contributed by atoms with E-state index in [2.05, 4.69) is 10.1 Å². The van der Waals surface area contributed by atoms with Crippen molar-refractivity contribution in [3.05, 3.63) is 96.7 Å². The molecule has 2 aromatic carbocycles. The summed E-state index contributed by atoms with van der Waals surface area (Å²) in [5.74, 6) is 0.153. The second-order valence-corrected chi connectivity index (χ2v) is 6.74. The van der Waals surface area contributed by atoms with Gasteiger partial charge in [-0.05, 0) is 29.3 Å². The molecule has 0 saturated heterocycles. The standard InChI is InChI=1S/C19H13N3O3S/c23-14-8-6-13(7-9-14)11-16-18(25)22-19(26-16)20-17(24)15(21-22)10-12-4-2-1-3-5-12/h1-9,11,23H,10H2. The Labute approximate surface area is 151 Å². The Bertz CT molecular complexity index is 1250. The molecule has 0 radical (unpaired) electrons. The Morgan fingerprint density at radius 3 is 2.50 bits per heavy atom. The summed E-state index contributed by atoms with van der Waals surface area (Å²) in [5.41, 5.74) is 1.18. The van der Waals surface area contributed by atoms with Gasteiger partial charge >= 0.3 is 0 Å². The number of thiazole rings is 1. The third kappa shape index (κ3) is 3.12. The zero-order chi connectivity index (χ0) is 18.1. The highest BCUT2D eigenvalue weighted by Crippen LogP contribution is 2.10. The number of hydrogen-bond donors (Lipinski definition) is 1. The van der Waals surface area contributed by atoms with Crippen molar-refractivity contribution in [3.8, 4) is 5.75 Å². The van der Waals surface area contributed by atoms with E-state index in [1.165, 1.54) is 4.52 Å². The molecule has 2 heterocycles. The van der Waals surface area contributed by atoms with Gasteiger partial charge in [0.2, 0.25) is 4.96 Å². The van der Waals surface area contributed by atoms with E-state index in [1.807, 2.05) is 30.3 Å². The lowest BCUT2D eigenvalue weighted by molar-refractivity contribution is 0.475. The number of benzene rings is 2. The number of rotatable bonds is 3. The van der Waals surface area contributed by atoms with E-state index in [0.29, 0.717) is 11.0 Å². The molecule has 2 aromatic heterocycles. The van der Waals surface area contributed by atoms with Gasteiger partial charge in [0.05, 0.1) is 4.53 Å². The first-order valence-corrected chi connectivity index (χ1v) is 8.69. The molecular formula is C19H13N3O3S. The van der Waals surface area contributed by atoms with E-state index >= 15 is 0 Å². The van der Waals surface area contributed by atoms with Crippen molar-refractivity contribution in [2.45, 2.75) is 6.42 Å². The second kappa shape index (κ2) is 6.53. The van der Waals surface area contributed by atoms with Crippen LogP contribution in [0.4, 0.5) is 0 Å². The highest BCUT2D eigenvalue weighted by Gasteiger charge is 2.11. The molecule has 128 valence electrons. The molecule has 0 fully saturated rings. The molecule has 7 heteroatoms. The Morgan fingerprint density at radius 2 is 1.77 bits per heavy atom. The molecule has 0 aliphatic carbocycles. The minimum Gasteiger partial charge on any atom is -0.508 e. The van der Waals surface area contributed by atoms with Crippen LogP contribution in [0, 0.1) is 0 Å². The number of nitrogens with zero attached hydrogens (tertiary/aromatic N) is 3. The van der Waals surface area contributed by atoms with Gasteiger partial charge < -0.3 is 5.11 Å². The van der Waals surface area contributed by atoms with E-state index in [9.17, 15) is 14.7 Å². The van der Waals surface area contributed by atoms with Crippen LogP contribution in [0.25, 0.3) is 11.0 Å². The van der Waals surface area contributed by atoms with Crippen LogP contribution < -0.4 is 15.7 Å². The van der Waals surface area contributed by atoms with Gasteiger partial charge in [0.15, 0.2) is 0 Å². The summed E-state index contributed by atoms with van der Waals surface area (Å²) >= 11 is 1.11. The molecule has 1 N–H and O–H groups in total. The Kier molecular flexibility index (Phi) is 4.06. The van der Waals surface area contributed by atoms with Crippen LogP contribution in [0.1, 0.15) is 16.8 Å². The van der Waals surface area contributed by atoms with Crippen LogP contribution in [0.2, 0.25) is 0 Å². The summed E-state index contributed by atoms with van der Waals surface area (Å²) in [4.78, 5) is 29.1. The highest BCUT2D eigenvalue weighted by atomic mass is 32.1. The van der Waals surface area contributed by atoms with Crippen LogP contribution in [-0.4, -0.2) is 19.7 Å². The minimum absolute atomic E-state index is 0.153. The number of phenols is 1. The van der Waals surface area contributed by atoms with Gasteiger partial charge in [0.1, 0.15) is 11.4 Å². The van der Waals surface area contributed by atoms with Crippen molar-refractivity contribution in [3.63, 3.8) is 0 Å². The smallest absolute Gasteiger partial charge is 0.296 e. The summed E-state index contributed by atoms with van der Waals surface area (Å²) in [6.45, 7) is 0. The maximum absolute atomic E-state index is 12.6. The molecule has 0 bridgehead atoms. The first-order valence-electron chi connectivity index (χ1n) is 7.87. The Morgan fingerprint density at radius 1 is 1.04 bits per heavy atom. The van der Waals surface area contributed by atoms with Crippen molar-refractivity contribution >= 4 is 22.4 Å². The molecule has 0 spiro atoms. The Hall–Kier alpha value is -3.32. The van der Waals surface area contributed by atoms with Gasteiger partial charge in [-0.1, -0.05) is 53.8 Å². The van der Waals surface area contributed by atoms with Crippen molar-refractivity contribution < 1.29 is 5.11 Å². The molecule has 0 saturated carbocycles. The topological polar surface area (TPSA) is 84.6 Å². The average molecular weight is 363 g/mol. The molecule has 26 heavy (non-hydrogen) atoms. The van der Waals surface area contributed by atoms with E-state index in [4.69, 9.17) is 0 Å². The quantitative estimate of drug-likeness (QED) is 0.594. The molecule has 4 aromatic rings. The van der Waals surface area contributed by atoms with Crippen LogP contribution in [0.15, 0.2) is 64.2 Å². The lowest BCUT2D eigenvalue weighted by Gasteiger charge is -1.99. The highest BCUT2D eigenvalue weighted by molar-refractivity contribution is 7.15. The predicted octanol–water partition coefficient (Wildman–Crippen LogP) is 1.36. The SMILES string of the molecule is O=c1nc2sc(=Cc3ccc(O)cc3)c(=O)n2nc1Cc1ccccc1. The van der Waals surface area contributed by atoms with Crippen LogP contribution in [0.3, 0.4) is 0 Å². The van der Waals surface area contributed by atoms with E-state index in [-0.39, 0.29) is 22.0 Å². The third-order valence-corrected chi connectivity index (χ3v) is 4.81. The largest absolute Gasteiger partial charge is 0.508 e. The molecule has 0 aliphatic heterocycles. The predicted molar refractivity (Wildman–Crippen MR) is 99.5 cm³/mol. The van der Waals surface area contributed by atoms with Gasteiger partial charge in [-0.15, -0.1) is 0 Å². The zero-order valence-corrected chi connectivity index (χ0v) is 14.3. The van der Waals surface area contributed by atoms with E-state index < -0.39 is 5.56 Å². The molecule has 0 unspecified atom stereocenters. The van der Waals surface area contributed by atoms with Gasteiger partial charge in [-0.3, -0.25) is 9.59 Å². The van der Waals surface area contributed by atoms with E-state index in [0.717, 1.165) is 22.5 Å².